The van der Waals surface area contributed by atoms with Crippen LogP contribution in [0, 0.1) is 24.0 Å². The molecule has 0 fully saturated rings. The number of nitrogens with two attached hydrogens (primary N) is 1. The average Bonchev–Trinajstić information content (AvgIpc) is 2.27. The zero-order valence-electron chi connectivity index (χ0n) is 11.0. The van der Waals surface area contributed by atoms with Gasteiger partial charge in [0.2, 0.25) is 5.91 Å². The van der Waals surface area contributed by atoms with E-state index in [0.29, 0.717) is 0 Å². The smallest absolute Gasteiger partial charge is 0.241 e. The van der Waals surface area contributed by atoms with Crippen molar-refractivity contribution in [3.05, 3.63) is 29.3 Å². The van der Waals surface area contributed by atoms with E-state index >= 15 is 0 Å². The van der Waals surface area contributed by atoms with E-state index in [0.717, 1.165) is 6.07 Å². The second kappa shape index (κ2) is 5.02. The lowest BCUT2D eigenvalue weighted by atomic mass is 9.87. The molecule has 1 atom stereocenters. The zero-order chi connectivity index (χ0) is 14.1. The fraction of sp³-hybridized carbons (Fsp3) is 0.462. The van der Waals surface area contributed by atoms with Crippen molar-refractivity contribution in [3.8, 4) is 0 Å². The monoisotopic (exact) mass is 256 g/mol. The summed E-state index contributed by atoms with van der Waals surface area (Å²) in [5.41, 5.74) is 5.05. The van der Waals surface area contributed by atoms with Gasteiger partial charge in [-0.2, -0.15) is 0 Å². The molecule has 0 aliphatic carbocycles. The third kappa shape index (κ3) is 3.04. The minimum atomic E-state index is -0.850. The molecule has 18 heavy (non-hydrogen) atoms. The lowest BCUT2D eigenvalue weighted by Crippen LogP contribution is -2.45. The number of hydrogen-bond donors (Lipinski definition) is 2. The predicted octanol–water partition coefficient (Wildman–Crippen LogP) is 2.59. The van der Waals surface area contributed by atoms with Gasteiger partial charge in [0, 0.05) is 0 Å². The number of aryl methyl sites for hydroxylation is 1. The van der Waals surface area contributed by atoms with E-state index in [-0.39, 0.29) is 5.56 Å². The van der Waals surface area contributed by atoms with E-state index in [1.807, 2.05) is 0 Å². The summed E-state index contributed by atoms with van der Waals surface area (Å²) < 4.78 is 27.1. The van der Waals surface area contributed by atoms with Crippen LogP contribution in [-0.4, -0.2) is 11.9 Å². The normalized spacial score (nSPS) is 13.3. The highest BCUT2D eigenvalue weighted by molar-refractivity contribution is 5.95. The molecule has 0 aliphatic heterocycles. The molecule has 1 amide bonds. The van der Waals surface area contributed by atoms with Crippen LogP contribution in [0.25, 0.3) is 0 Å². The number of halogens is 2. The average molecular weight is 256 g/mol. The fourth-order valence-corrected chi connectivity index (χ4v) is 1.37. The van der Waals surface area contributed by atoms with Gasteiger partial charge in [-0.15, -0.1) is 0 Å². The molecular weight excluding hydrogens is 238 g/mol. The van der Waals surface area contributed by atoms with Gasteiger partial charge in [0.15, 0.2) is 5.82 Å². The molecule has 3 nitrogen and oxygen atoms in total. The molecule has 0 saturated carbocycles. The van der Waals surface area contributed by atoms with Crippen molar-refractivity contribution in [2.24, 2.45) is 11.1 Å². The third-order valence-corrected chi connectivity index (χ3v) is 2.75. The quantitative estimate of drug-likeness (QED) is 0.854. The second-order valence-electron chi connectivity index (χ2n) is 5.39. The van der Waals surface area contributed by atoms with Crippen molar-refractivity contribution in [1.82, 2.24) is 0 Å². The predicted molar refractivity (Wildman–Crippen MR) is 67.2 cm³/mol. The van der Waals surface area contributed by atoms with Crippen LogP contribution in [0.15, 0.2) is 12.1 Å². The number of benzene rings is 1. The van der Waals surface area contributed by atoms with Gasteiger partial charge in [-0.1, -0.05) is 26.8 Å². The first-order valence-electron chi connectivity index (χ1n) is 5.65. The van der Waals surface area contributed by atoms with Gasteiger partial charge in [0.25, 0.3) is 0 Å². The van der Waals surface area contributed by atoms with E-state index in [4.69, 9.17) is 5.73 Å². The van der Waals surface area contributed by atoms with Crippen LogP contribution < -0.4 is 11.1 Å². The van der Waals surface area contributed by atoms with Crippen molar-refractivity contribution in [2.75, 3.05) is 5.32 Å². The van der Waals surface area contributed by atoms with E-state index in [9.17, 15) is 13.6 Å². The van der Waals surface area contributed by atoms with Crippen LogP contribution in [0.2, 0.25) is 0 Å². The molecule has 100 valence electrons. The molecule has 0 radical (unpaired) electrons. The molecule has 0 bridgehead atoms. The Morgan fingerprint density at radius 3 is 2.39 bits per heavy atom. The minimum Gasteiger partial charge on any atom is -0.320 e. The van der Waals surface area contributed by atoms with Gasteiger partial charge < -0.3 is 11.1 Å². The van der Waals surface area contributed by atoms with Crippen LogP contribution in [-0.2, 0) is 4.79 Å². The highest BCUT2D eigenvalue weighted by atomic mass is 19.1. The van der Waals surface area contributed by atoms with Crippen molar-refractivity contribution in [3.63, 3.8) is 0 Å². The molecule has 5 heteroatoms. The number of carbonyl (C=O) groups is 1. The highest BCUT2D eigenvalue weighted by Crippen LogP contribution is 2.24. The van der Waals surface area contributed by atoms with Crippen LogP contribution in [0.3, 0.4) is 0 Å². The second-order valence-corrected chi connectivity index (χ2v) is 5.39. The molecule has 0 spiro atoms. The van der Waals surface area contributed by atoms with Crippen LogP contribution >= 0.6 is 0 Å². The Kier molecular flexibility index (Phi) is 4.06. The van der Waals surface area contributed by atoms with Gasteiger partial charge in [-0.3, -0.25) is 4.79 Å². The number of carbonyl (C=O) groups excluding carboxylic acids is 1. The van der Waals surface area contributed by atoms with E-state index in [1.165, 1.54) is 13.0 Å². The Labute approximate surface area is 105 Å². The first-order chi connectivity index (χ1) is 8.14. The summed E-state index contributed by atoms with van der Waals surface area (Å²) in [5, 5.41) is 2.21. The minimum absolute atomic E-state index is 0.260. The topological polar surface area (TPSA) is 55.1 Å². The molecular formula is C13H18F2N2O. The molecule has 1 rings (SSSR count). The van der Waals surface area contributed by atoms with Crippen molar-refractivity contribution >= 4 is 11.6 Å². The van der Waals surface area contributed by atoms with Gasteiger partial charge in [0.1, 0.15) is 11.5 Å². The highest BCUT2D eigenvalue weighted by Gasteiger charge is 2.28. The molecule has 0 unspecified atom stereocenters. The molecule has 3 N–H and O–H groups in total. The Morgan fingerprint density at radius 1 is 1.33 bits per heavy atom. The maximum Gasteiger partial charge on any atom is 0.241 e. The summed E-state index contributed by atoms with van der Waals surface area (Å²) in [4.78, 5) is 11.8. The van der Waals surface area contributed by atoms with Crippen molar-refractivity contribution in [2.45, 2.75) is 33.7 Å². The van der Waals surface area contributed by atoms with Crippen LogP contribution in [0.1, 0.15) is 26.3 Å². The Morgan fingerprint density at radius 2 is 1.89 bits per heavy atom. The first kappa shape index (κ1) is 14.6. The number of nitrogens with one attached hydrogen (secondary N) is 1. The van der Waals surface area contributed by atoms with Gasteiger partial charge >= 0.3 is 0 Å². The molecule has 0 heterocycles. The zero-order valence-corrected chi connectivity index (χ0v) is 11.0. The molecule has 0 aliphatic rings. The molecule has 1 aromatic rings. The Balaban J connectivity index is 2.99. The maximum absolute atomic E-state index is 13.7. The lowest BCUT2D eigenvalue weighted by Gasteiger charge is -2.26. The Hall–Kier alpha value is -1.49. The number of rotatable bonds is 2. The molecule has 1 aromatic carbocycles. The van der Waals surface area contributed by atoms with Crippen LogP contribution in [0.5, 0.6) is 0 Å². The summed E-state index contributed by atoms with van der Waals surface area (Å²) in [6, 6.07) is 1.57. The van der Waals surface area contributed by atoms with E-state index in [2.05, 4.69) is 5.32 Å². The molecule has 0 saturated heterocycles. The summed E-state index contributed by atoms with van der Waals surface area (Å²) in [6.07, 6.45) is 0. The Bertz CT molecular complexity index is 467. The van der Waals surface area contributed by atoms with Crippen LogP contribution in [0.4, 0.5) is 14.5 Å². The third-order valence-electron chi connectivity index (χ3n) is 2.75. The van der Waals surface area contributed by atoms with E-state index in [1.54, 1.807) is 20.8 Å². The maximum atomic E-state index is 13.7. The lowest BCUT2D eigenvalue weighted by molar-refractivity contribution is -0.119. The first-order valence-corrected chi connectivity index (χ1v) is 5.65. The summed E-state index contributed by atoms with van der Waals surface area (Å²) in [5.74, 6) is -2.19. The number of anilines is 1. The summed E-state index contributed by atoms with van der Waals surface area (Å²) >= 11 is 0. The standard InChI is InChI=1S/C13H18F2N2O/c1-7-5-6-8(14)10(9(7)15)17-12(18)11(16)13(2,3)4/h5-6,11H,16H2,1-4H3,(H,17,18)/t11-/m1/s1. The SMILES string of the molecule is Cc1ccc(F)c(NC(=O)[C@@H](N)C(C)(C)C)c1F. The summed E-state index contributed by atoms with van der Waals surface area (Å²) in [7, 11) is 0. The van der Waals surface area contributed by atoms with Crippen molar-refractivity contribution in [1.29, 1.82) is 0 Å². The van der Waals surface area contributed by atoms with Gasteiger partial charge in [0.05, 0.1) is 6.04 Å². The largest absolute Gasteiger partial charge is 0.320 e. The molecule has 0 aromatic heterocycles. The van der Waals surface area contributed by atoms with Crippen molar-refractivity contribution < 1.29 is 13.6 Å². The number of amides is 1. The summed E-state index contributed by atoms with van der Waals surface area (Å²) in [6.45, 7) is 6.83. The van der Waals surface area contributed by atoms with Gasteiger partial charge in [-0.25, -0.2) is 8.78 Å². The fourth-order valence-electron chi connectivity index (χ4n) is 1.37. The number of hydrogen-bond acceptors (Lipinski definition) is 2. The van der Waals surface area contributed by atoms with E-state index < -0.39 is 34.7 Å². The van der Waals surface area contributed by atoms with Gasteiger partial charge in [-0.05, 0) is 24.0 Å².